The first-order valence-electron chi connectivity index (χ1n) is 7.12. The number of rotatable bonds is 3. The lowest BCUT2D eigenvalue weighted by Gasteiger charge is -2.08. The van der Waals surface area contributed by atoms with Gasteiger partial charge >= 0.3 is 0 Å². The van der Waals surface area contributed by atoms with Gasteiger partial charge in [-0.05, 0) is 62.0 Å². The molecule has 6 heteroatoms. The van der Waals surface area contributed by atoms with E-state index < -0.39 is 9.84 Å². The maximum Gasteiger partial charge on any atom is 0.175 e. The monoisotopic (exact) mass is 484 g/mol. The minimum atomic E-state index is -3.19. The standard InChI is InChI=1S/C18H14Br2O2S2/c1-11-3-5-12(6-4-11)15-16(18(20)23-17(15)19)13-7-9-14(10-8-13)24(2,21)22/h3-10H,1-2H3. The Labute approximate surface area is 162 Å². The molecule has 0 unspecified atom stereocenters. The molecule has 1 heterocycles. The van der Waals surface area contributed by atoms with Gasteiger partial charge in [0.05, 0.1) is 12.5 Å². The van der Waals surface area contributed by atoms with Crippen LogP contribution in [0.1, 0.15) is 5.56 Å². The van der Waals surface area contributed by atoms with Gasteiger partial charge in [0.15, 0.2) is 9.84 Å². The van der Waals surface area contributed by atoms with Gasteiger partial charge in [0, 0.05) is 17.4 Å². The molecule has 2 aromatic carbocycles. The Kier molecular flexibility index (Phi) is 5.02. The van der Waals surface area contributed by atoms with E-state index in [-0.39, 0.29) is 0 Å². The minimum Gasteiger partial charge on any atom is -0.224 e. The molecular formula is C18H14Br2O2S2. The lowest BCUT2D eigenvalue weighted by molar-refractivity contribution is 0.602. The fraction of sp³-hybridized carbons (Fsp3) is 0.111. The van der Waals surface area contributed by atoms with E-state index in [1.807, 2.05) is 12.1 Å². The van der Waals surface area contributed by atoms with Gasteiger partial charge in [-0.25, -0.2) is 8.42 Å². The molecule has 3 aromatic rings. The van der Waals surface area contributed by atoms with Crippen molar-refractivity contribution in [2.45, 2.75) is 11.8 Å². The zero-order valence-corrected chi connectivity index (χ0v) is 17.8. The largest absolute Gasteiger partial charge is 0.224 e. The lowest BCUT2D eigenvalue weighted by atomic mass is 9.98. The summed E-state index contributed by atoms with van der Waals surface area (Å²) in [5, 5.41) is 0. The van der Waals surface area contributed by atoms with Gasteiger partial charge in [-0.2, -0.15) is 0 Å². The van der Waals surface area contributed by atoms with Gasteiger partial charge in [-0.15, -0.1) is 11.3 Å². The van der Waals surface area contributed by atoms with Crippen molar-refractivity contribution < 1.29 is 8.42 Å². The highest BCUT2D eigenvalue weighted by molar-refractivity contribution is 9.12. The van der Waals surface area contributed by atoms with Crippen LogP contribution in [0.3, 0.4) is 0 Å². The Bertz CT molecular complexity index is 987. The van der Waals surface area contributed by atoms with E-state index in [4.69, 9.17) is 0 Å². The van der Waals surface area contributed by atoms with Crippen molar-refractivity contribution in [2.24, 2.45) is 0 Å². The predicted molar refractivity (Wildman–Crippen MR) is 108 cm³/mol. The van der Waals surface area contributed by atoms with Crippen molar-refractivity contribution in [1.82, 2.24) is 0 Å². The first kappa shape index (κ1) is 17.9. The molecule has 0 fully saturated rings. The summed E-state index contributed by atoms with van der Waals surface area (Å²) in [6.45, 7) is 2.06. The van der Waals surface area contributed by atoms with Crippen LogP contribution >= 0.6 is 43.2 Å². The number of halogens is 2. The Hall–Kier alpha value is -0.950. The van der Waals surface area contributed by atoms with Gasteiger partial charge in [-0.1, -0.05) is 42.0 Å². The fourth-order valence-corrected chi connectivity index (χ4v) is 6.39. The van der Waals surface area contributed by atoms with E-state index in [0.29, 0.717) is 4.90 Å². The zero-order chi connectivity index (χ0) is 17.5. The molecule has 0 radical (unpaired) electrons. The molecule has 0 saturated carbocycles. The van der Waals surface area contributed by atoms with Crippen molar-refractivity contribution >= 4 is 53.0 Å². The van der Waals surface area contributed by atoms with Gasteiger partial charge in [-0.3, -0.25) is 0 Å². The number of benzene rings is 2. The molecule has 0 bridgehead atoms. The summed E-state index contributed by atoms with van der Waals surface area (Å²) in [5.41, 5.74) is 5.49. The fourth-order valence-electron chi connectivity index (χ4n) is 2.48. The Balaban J connectivity index is 2.17. The summed E-state index contributed by atoms with van der Waals surface area (Å²) in [6, 6.07) is 15.4. The van der Waals surface area contributed by atoms with Crippen molar-refractivity contribution in [3.8, 4) is 22.3 Å². The summed E-state index contributed by atoms with van der Waals surface area (Å²) >= 11 is 8.92. The highest BCUT2D eigenvalue weighted by atomic mass is 79.9. The third-order valence-corrected chi connectivity index (χ3v) is 7.39. The van der Waals surface area contributed by atoms with Crippen LogP contribution in [-0.4, -0.2) is 14.7 Å². The number of hydrogen-bond acceptors (Lipinski definition) is 3. The predicted octanol–water partition coefficient (Wildman–Crippen LogP) is 6.32. The van der Waals surface area contributed by atoms with Crippen LogP contribution in [0.2, 0.25) is 0 Å². The number of hydrogen-bond donors (Lipinski definition) is 0. The number of sulfone groups is 1. The summed E-state index contributed by atoms with van der Waals surface area (Å²) in [7, 11) is -3.19. The molecule has 1 aromatic heterocycles. The summed E-state index contributed by atoms with van der Waals surface area (Å²) < 4.78 is 25.4. The van der Waals surface area contributed by atoms with Gasteiger partial charge in [0.25, 0.3) is 0 Å². The second-order valence-corrected chi connectivity index (χ2v) is 11.2. The third kappa shape index (κ3) is 3.52. The number of thiophene rings is 1. The number of aryl methyl sites for hydroxylation is 1. The molecule has 0 aliphatic heterocycles. The molecule has 0 aliphatic rings. The van der Waals surface area contributed by atoms with Gasteiger partial charge in [0.2, 0.25) is 0 Å². The molecule has 0 N–H and O–H groups in total. The maximum atomic E-state index is 11.7. The average molecular weight is 486 g/mol. The van der Waals surface area contributed by atoms with Crippen molar-refractivity contribution in [3.63, 3.8) is 0 Å². The van der Waals surface area contributed by atoms with E-state index in [1.54, 1.807) is 23.5 Å². The van der Waals surface area contributed by atoms with E-state index in [1.165, 1.54) is 11.8 Å². The van der Waals surface area contributed by atoms with Gasteiger partial charge in [0.1, 0.15) is 0 Å². The second-order valence-electron chi connectivity index (χ2n) is 5.56. The van der Waals surface area contributed by atoms with Crippen molar-refractivity contribution in [3.05, 3.63) is 61.7 Å². The van der Waals surface area contributed by atoms with Gasteiger partial charge < -0.3 is 0 Å². The van der Waals surface area contributed by atoms with Crippen LogP contribution < -0.4 is 0 Å². The molecule has 0 amide bonds. The second kappa shape index (κ2) is 6.75. The minimum absolute atomic E-state index is 0.327. The van der Waals surface area contributed by atoms with Crippen LogP contribution in [0.4, 0.5) is 0 Å². The first-order chi connectivity index (χ1) is 11.3. The molecule has 0 spiro atoms. The maximum absolute atomic E-state index is 11.7. The van der Waals surface area contributed by atoms with E-state index in [0.717, 1.165) is 29.8 Å². The molecule has 124 valence electrons. The summed E-state index contributed by atoms with van der Waals surface area (Å²) in [4.78, 5) is 0.327. The Morgan fingerprint density at radius 1 is 0.792 bits per heavy atom. The molecule has 0 saturated heterocycles. The van der Waals surface area contributed by atoms with Crippen LogP contribution in [-0.2, 0) is 9.84 Å². The van der Waals surface area contributed by atoms with Crippen LogP contribution in [0, 0.1) is 6.92 Å². The molecular weight excluding hydrogens is 472 g/mol. The smallest absolute Gasteiger partial charge is 0.175 e. The van der Waals surface area contributed by atoms with E-state index in [2.05, 4.69) is 63.0 Å². The van der Waals surface area contributed by atoms with Crippen LogP contribution in [0.15, 0.2) is 61.0 Å². The molecule has 24 heavy (non-hydrogen) atoms. The SMILES string of the molecule is Cc1ccc(-c2c(Br)sc(Br)c2-c2ccc(S(C)(=O)=O)cc2)cc1. The zero-order valence-electron chi connectivity index (χ0n) is 13.0. The highest BCUT2D eigenvalue weighted by Gasteiger charge is 2.19. The normalized spacial score (nSPS) is 11.7. The molecule has 3 rings (SSSR count). The molecule has 0 aliphatic carbocycles. The van der Waals surface area contributed by atoms with Crippen LogP contribution in [0.5, 0.6) is 0 Å². The first-order valence-corrected chi connectivity index (χ1v) is 11.4. The molecule has 0 atom stereocenters. The quantitative estimate of drug-likeness (QED) is 0.435. The lowest BCUT2D eigenvalue weighted by Crippen LogP contribution is -1.96. The van der Waals surface area contributed by atoms with Crippen molar-refractivity contribution in [2.75, 3.05) is 6.26 Å². The highest BCUT2D eigenvalue weighted by Crippen LogP contribution is 2.48. The third-order valence-electron chi connectivity index (χ3n) is 3.73. The summed E-state index contributed by atoms with van der Waals surface area (Å²) in [6.07, 6.45) is 1.22. The summed E-state index contributed by atoms with van der Waals surface area (Å²) in [5.74, 6) is 0. The Morgan fingerprint density at radius 2 is 1.21 bits per heavy atom. The van der Waals surface area contributed by atoms with Crippen molar-refractivity contribution in [1.29, 1.82) is 0 Å². The van der Waals surface area contributed by atoms with E-state index in [9.17, 15) is 8.42 Å². The Morgan fingerprint density at radius 3 is 1.62 bits per heavy atom. The molecule has 2 nitrogen and oxygen atoms in total. The van der Waals surface area contributed by atoms with E-state index >= 15 is 0 Å². The van der Waals surface area contributed by atoms with Crippen LogP contribution in [0.25, 0.3) is 22.3 Å². The topological polar surface area (TPSA) is 34.1 Å². The average Bonchev–Trinajstić information content (AvgIpc) is 2.82.